The molecule has 7 atom stereocenters. The predicted molar refractivity (Wildman–Crippen MR) is 130 cm³/mol. The summed E-state index contributed by atoms with van der Waals surface area (Å²) in [4.78, 5) is 66.3. The van der Waals surface area contributed by atoms with Crippen molar-refractivity contribution in [1.82, 2.24) is 9.80 Å². The molecule has 0 aromatic carbocycles. The molecule has 2 unspecified atom stereocenters. The molecule has 0 aromatic rings. The Kier molecular flexibility index (Phi) is 5.65. The van der Waals surface area contributed by atoms with Gasteiger partial charge in [0.05, 0.1) is 24.2 Å². The van der Waals surface area contributed by atoms with Gasteiger partial charge in [0.2, 0.25) is 4.87 Å². The fourth-order valence-corrected chi connectivity index (χ4v) is 12.4. The van der Waals surface area contributed by atoms with Crippen LogP contribution in [-0.4, -0.2) is 97.3 Å². The third kappa shape index (κ3) is 2.85. The lowest BCUT2D eigenvalue weighted by Gasteiger charge is -2.50. The van der Waals surface area contributed by atoms with Gasteiger partial charge in [-0.25, -0.2) is 0 Å². The second-order valence-electron chi connectivity index (χ2n) is 10.6. The molecule has 14 heteroatoms. The van der Waals surface area contributed by atoms with E-state index in [9.17, 15) is 29.1 Å². The SMILES string of the molecule is CC(=O)O[C@@H]1[C@@]2(CC3N4C(=O)[C@@]5(CO)SSS[C@]4(C[C@]31OC(C)=O)C(=O)N5C)OC(C)C(C)(C)C2=O. The molecule has 6 aliphatic rings. The van der Waals surface area contributed by atoms with E-state index in [4.69, 9.17) is 14.2 Å². The molecule has 6 rings (SSSR count). The number of hydrogen-bond donors (Lipinski definition) is 1. The maximum Gasteiger partial charge on any atom is 0.303 e. The Balaban J connectivity index is 1.75. The number of aliphatic hydroxyl groups is 1. The highest BCUT2D eigenvalue weighted by atomic mass is 33.5. The lowest BCUT2D eigenvalue weighted by Crippen LogP contribution is -2.73. The molecule has 1 saturated carbocycles. The molecule has 2 bridgehead atoms. The summed E-state index contributed by atoms with van der Waals surface area (Å²) in [5, 5.41) is 10.3. The minimum Gasteiger partial charge on any atom is -0.455 e. The summed E-state index contributed by atoms with van der Waals surface area (Å²) in [6.45, 7) is 6.94. The summed E-state index contributed by atoms with van der Waals surface area (Å²) in [5.74, 6) is -2.74. The molecular weight excluding hydrogens is 532 g/mol. The first-order chi connectivity index (χ1) is 16.7. The number of piperazine rings is 1. The first kappa shape index (κ1) is 26.1. The van der Waals surface area contributed by atoms with E-state index in [1.54, 1.807) is 20.8 Å². The number of rotatable bonds is 3. The van der Waals surface area contributed by atoms with Gasteiger partial charge in [0.25, 0.3) is 11.8 Å². The Bertz CT molecular complexity index is 1100. The summed E-state index contributed by atoms with van der Waals surface area (Å²) in [6.07, 6.45) is -2.28. The van der Waals surface area contributed by atoms with E-state index in [1.807, 2.05) is 0 Å². The Morgan fingerprint density at radius 1 is 1.14 bits per heavy atom. The van der Waals surface area contributed by atoms with Gasteiger partial charge in [-0.2, -0.15) is 0 Å². The fraction of sp³-hybridized carbons (Fsp3) is 0.773. The predicted octanol–water partition coefficient (Wildman–Crippen LogP) is 0.877. The van der Waals surface area contributed by atoms with Crippen LogP contribution in [0.3, 0.4) is 0 Å². The van der Waals surface area contributed by atoms with Crippen molar-refractivity contribution in [2.45, 2.75) is 86.7 Å². The third-order valence-corrected chi connectivity index (χ3v) is 13.5. The zero-order chi connectivity index (χ0) is 26.6. The second-order valence-corrected chi connectivity index (χ2v) is 15.1. The summed E-state index contributed by atoms with van der Waals surface area (Å²) >= 11 is 0. The number of Topliss-reactive ketones (excluding diaryl/α,β-unsaturated/α-hetero) is 1. The number of ether oxygens (including phenoxy) is 3. The van der Waals surface area contributed by atoms with Crippen LogP contribution in [0.5, 0.6) is 0 Å². The van der Waals surface area contributed by atoms with E-state index in [0.717, 1.165) is 21.6 Å². The van der Waals surface area contributed by atoms with Crippen LogP contribution in [0.2, 0.25) is 0 Å². The fourth-order valence-electron chi connectivity index (χ4n) is 6.49. The van der Waals surface area contributed by atoms with E-state index in [1.165, 1.54) is 40.5 Å². The van der Waals surface area contributed by atoms with Gasteiger partial charge in [-0.1, -0.05) is 13.8 Å². The lowest BCUT2D eigenvalue weighted by atomic mass is 9.76. The van der Waals surface area contributed by atoms with Crippen LogP contribution in [-0.2, 0) is 38.2 Å². The zero-order valence-corrected chi connectivity index (χ0v) is 23.1. The van der Waals surface area contributed by atoms with Gasteiger partial charge >= 0.3 is 11.9 Å². The van der Waals surface area contributed by atoms with Crippen molar-refractivity contribution in [2.75, 3.05) is 13.7 Å². The van der Waals surface area contributed by atoms with E-state index < -0.39 is 75.0 Å². The number of fused-ring (bicyclic) bond motifs is 4. The molecule has 1 N–H and O–H groups in total. The van der Waals surface area contributed by atoms with Crippen LogP contribution >= 0.6 is 31.4 Å². The number of carbonyl (C=O) groups excluding carboxylic acids is 5. The number of aliphatic hydroxyl groups excluding tert-OH is 1. The maximum atomic E-state index is 14.1. The largest absolute Gasteiger partial charge is 0.455 e. The van der Waals surface area contributed by atoms with Gasteiger partial charge in [0, 0.05) is 33.7 Å². The highest BCUT2D eigenvalue weighted by Crippen LogP contribution is 2.70. The van der Waals surface area contributed by atoms with Gasteiger partial charge in [0.1, 0.15) is 0 Å². The van der Waals surface area contributed by atoms with Crippen LogP contribution in [0.15, 0.2) is 0 Å². The van der Waals surface area contributed by atoms with Crippen molar-refractivity contribution in [1.29, 1.82) is 0 Å². The van der Waals surface area contributed by atoms with E-state index in [2.05, 4.69) is 0 Å². The summed E-state index contributed by atoms with van der Waals surface area (Å²) in [5.41, 5.74) is -4.36. The smallest absolute Gasteiger partial charge is 0.303 e. The van der Waals surface area contributed by atoms with Crippen molar-refractivity contribution in [3.05, 3.63) is 0 Å². The molecule has 0 aromatic heterocycles. The molecule has 2 spiro atoms. The lowest BCUT2D eigenvalue weighted by molar-refractivity contribution is -0.202. The number of carbonyl (C=O) groups is 5. The number of nitrogens with zero attached hydrogens (tertiary/aromatic N) is 2. The molecule has 36 heavy (non-hydrogen) atoms. The van der Waals surface area contributed by atoms with Crippen molar-refractivity contribution >= 4 is 60.9 Å². The Morgan fingerprint density at radius 2 is 1.81 bits per heavy atom. The minimum absolute atomic E-state index is 0.132. The zero-order valence-electron chi connectivity index (χ0n) is 20.7. The van der Waals surface area contributed by atoms with E-state index >= 15 is 0 Å². The molecule has 6 fully saturated rings. The number of amides is 2. The molecule has 198 valence electrons. The van der Waals surface area contributed by atoms with Crippen LogP contribution in [0, 0.1) is 5.41 Å². The van der Waals surface area contributed by atoms with Crippen molar-refractivity contribution in [3.63, 3.8) is 0 Å². The number of ketones is 1. The van der Waals surface area contributed by atoms with Gasteiger partial charge < -0.3 is 29.1 Å². The van der Waals surface area contributed by atoms with Crippen molar-refractivity contribution in [2.24, 2.45) is 5.41 Å². The Morgan fingerprint density at radius 3 is 2.33 bits per heavy atom. The number of hydrogen-bond acceptors (Lipinski definition) is 12. The molecule has 0 radical (unpaired) electrons. The first-order valence-electron chi connectivity index (χ1n) is 11.5. The first-order valence-corrected chi connectivity index (χ1v) is 15.0. The standard InChI is InChI=1S/C22H28N2O9S3/c1-10-18(4,5)14(28)19(32-10)7-13-20(33-12(3)27,15(19)31-11(2)26)8-21-16(29)23(6)22(9-25,35-36-34-21)17(30)24(13)21/h10,13,15,25H,7-9H2,1-6H3/t10?,13?,15-,19+,20+,21-,22-/m1/s1. The maximum absolute atomic E-state index is 14.1. The van der Waals surface area contributed by atoms with Gasteiger partial charge in [-0.05, 0) is 38.3 Å². The Labute approximate surface area is 219 Å². The van der Waals surface area contributed by atoms with Crippen molar-refractivity contribution < 1.29 is 43.3 Å². The quantitative estimate of drug-likeness (QED) is 0.387. The average molecular weight is 561 g/mol. The molecular formula is C22H28N2O9S3. The molecule has 1 aliphatic carbocycles. The summed E-state index contributed by atoms with van der Waals surface area (Å²) < 4.78 is 18.0. The van der Waals surface area contributed by atoms with E-state index in [-0.39, 0.29) is 18.6 Å². The second kappa shape index (κ2) is 7.78. The highest BCUT2D eigenvalue weighted by Gasteiger charge is 2.85. The normalized spacial score (nSPS) is 44.6. The minimum atomic E-state index is -1.72. The Hall–Kier alpha value is -1.48. The monoisotopic (exact) mass is 560 g/mol. The summed E-state index contributed by atoms with van der Waals surface area (Å²) in [6, 6.07) is -1.02. The van der Waals surface area contributed by atoms with Gasteiger partial charge in [-0.15, -0.1) is 0 Å². The van der Waals surface area contributed by atoms with Crippen LogP contribution < -0.4 is 0 Å². The van der Waals surface area contributed by atoms with Gasteiger partial charge in [0.15, 0.2) is 28.0 Å². The molecule has 2 amide bonds. The third-order valence-electron chi connectivity index (χ3n) is 8.43. The van der Waals surface area contributed by atoms with Gasteiger partial charge in [-0.3, -0.25) is 24.0 Å². The molecule has 5 saturated heterocycles. The molecule has 5 heterocycles. The highest BCUT2D eigenvalue weighted by molar-refractivity contribution is 9.10. The topological polar surface area (TPSA) is 140 Å². The van der Waals surface area contributed by atoms with Crippen LogP contribution in [0.4, 0.5) is 0 Å². The molecule has 5 aliphatic heterocycles. The number of likely N-dealkylation sites (N-methyl/N-ethyl adjacent to an activating group) is 1. The molecule has 11 nitrogen and oxygen atoms in total. The van der Waals surface area contributed by atoms with Crippen LogP contribution in [0.25, 0.3) is 0 Å². The van der Waals surface area contributed by atoms with Crippen LogP contribution in [0.1, 0.15) is 47.5 Å². The van der Waals surface area contributed by atoms with Crippen molar-refractivity contribution in [3.8, 4) is 0 Å². The van der Waals surface area contributed by atoms with E-state index in [0.29, 0.717) is 0 Å². The summed E-state index contributed by atoms with van der Waals surface area (Å²) in [7, 11) is 4.87. The average Bonchev–Trinajstić information content (AvgIpc) is 3.17. The number of esters is 2.